The van der Waals surface area contributed by atoms with Gasteiger partial charge in [-0.3, -0.25) is 10.1 Å². The lowest BCUT2D eigenvalue weighted by Crippen LogP contribution is -2.32. The zero-order chi connectivity index (χ0) is 17.8. The van der Waals surface area contributed by atoms with E-state index in [0.29, 0.717) is 11.3 Å². The van der Waals surface area contributed by atoms with Crippen molar-refractivity contribution in [2.24, 2.45) is 5.16 Å². The Morgan fingerprint density at radius 2 is 1.72 bits per heavy atom. The van der Waals surface area contributed by atoms with Gasteiger partial charge in [0.2, 0.25) is 6.10 Å². The highest BCUT2D eigenvalue weighted by Crippen LogP contribution is 2.32. The summed E-state index contributed by atoms with van der Waals surface area (Å²) < 4.78 is 0. The largest absolute Gasteiger partial charge is 0.379 e. The van der Waals surface area contributed by atoms with Gasteiger partial charge >= 0.3 is 6.04 Å². The third-order valence-corrected chi connectivity index (χ3v) is 4.48. The quantitative estimate of drug-likeness (QED) is 0.595. The molecule has 3 rings (SSSR count). The number of nitro groups is 1. The van der Waals surface area contributed by atoms with Crippen molar-refractivity contribution in [1.82, 2.24) is 0 Å². The smallest absolute Gasteiger partial charge is 0.301 e. The Hall–Kier alpha value is -2.89. The summed E-state index contributed by atoms with van der Waals surface area (Å²) in [5.41, 5.74) is 2.93. The van der Waals surface area contributed by atoms with E-state index < -0.39 is 12.1 Å². The maximum atomic E-state index is 11.7. The summed E-state index contributed by atoms with van der Waals surface area (Å²) in [5, 5.41) is 15.7. The average molecular weight is 339 g/mol. The fraction of sp³-hybridized carbons (Fsp3) is 0.316. The van der Waals surface area contributed by atoms with Gasteiger partial charge in [0.1, 0.15) is 0 Å². The van der Waals surface area contributed by atoms with Crippen LogP contribution in [0.2, 0.25) is 0 Å². The first-order valence-corrected chi connectivity index (χ1v) is 8.43. The lowest BCUT2D eigenvalue weighted by molar-refractivity contribution is -0.512. The van der Waals surface area contributed by atoms with Gasteiger partial charge in [0, 0.05) is 34.8 Å². The van der Waals surface area contributed by atoms with Crippen LogP contribution in [0.5, 0.6) is 0 Å². The fourth-order valence-electron chi connectivity index (χ4n) is 3.12. The predicted octanol–water partition coefficient (Wildman–Crippen LogP) is 3.65. The molecule has 1 heterocycles. The molecule has 130 valence electrons. The summed E-state index contributed by atoms with van der Waals surface area (Å²) in [6, 6.07) is 15.9. The van der Waals surface area contributed by atoms with Crippen LogP contribution in [0.1, 0.15) is 31.1 Å². The molecule has 1 aliphatic rings. The number of rotatable bonds is 6. The Kier molecular flexibility index (Phi) is 4.97. The molecule has 2 aromatic carbocycles. The molecule has 0 aliphatic carbocycles. The minimum atomic E-state index is -1.01. The molecule has 0 radical (unpaired) electrons. The molecule has 2 atom stereocenters. The number of oxime groups is 1. The maximum Gasteiger partial charge on any atom is 0.301 e. The molecule has 2 aromatic rings. The summed E-state index contributed by atoms with van der Waals surface area (Å²) in [5.74, 6) is 0. The van der Waals surface area contributed by atoms with E-state index in [-0.39, 0.29) is 4.92 Å². The number of benzene rings is 2. The number of anilines is 1. The first-order chi connectivity index (χ1) is 12.2. The first kappa shape index (κ1) is 17.0. The SMILES string of the molecule is CCN(CC)c1ccc(C2ON=C(c3ccccc3)C2[N+](=O)[O-])cc1. The summed E-state index contributed by atoms with van der Waals surface area (Å²) >= 11 is 0. The Bertz CT molecular complexity index is 755. The topological polar surface area (TPSA) is 68.0 Å². The summed E-state index contributed by atoms with van der Waals surface area (Å²) in [7, 11) is 0. The van der Waals surface area contributed by atoms with Crippen LogP contribution in [0.15, 0.2) is 59.8 Å². The van der Waals surface area contributed by atoms with Crippen LogP contribution in [0.3, 0.4) is 0 Å². The Balaban J connectivity index is 1.87. The monoisotopic (exact) mass is 339 g/mol. The van der Waals surface area contributed by atoms with Crippen molar-refractivity contribution >= 4 is 11.4 Å². The Morgan fingerprint density at radius 3 is 2.28 bits per heavy atom. The normalized spacial score (nSPS) is 19.2. The average Bonchev–Trinajstić information content (AvgIpc) is 3.09. The van der Waals surface area contributed by atoms with E-state index in [9.17, 15) is 10.1 Å². The van der Waals surface area contributed by atoms with E-state index >= 15 is 0 Å². The molecule has 6 nitrogen and oxygen atoms in total. The van der Waals surface area contributed by atoms with Crippen molar-refractivity contribution < 1.29 is 9.76 Å². The molecule has 0 fully saturated rings. The lowest BCUT2D eigenvalue weighted by atomic mass is 9.95. The van der Waals surface area contributed by atoms with Gasteiger partial charge in [-0.25, -0.2) is 0 Å². The van der Waals surface area contributed by atoms with Crippen molar-refractivity contribution in [2.45, 2.75) is 26.0 Å². The standard InChI is InChI=1S/C19H21N3O3/c1-3-21(4-2)16-12-10-15(11-13-16)19-18(22(23)24)17(20-25-19)14-8-6-5-7-9-14/h5-13,18-19H,3-4H2,1-2H3. The second-order valence-electron chi connectivity index (χ2n) is 5.86. The molecule has 0 spiro atoms. The number of hydrogen-bond donors (Lipinski definition) is 0. The molecule has 6 heteroatoms. The van der Waals surface area contributed by atoms with Crippen molar-refractivity contribution in [3.63, 3.8) is 0 Å². The molecule has 0 amide bonds. The molecule has 25 heavy (non-hydrogen) atoms. The second kappa shape index (κ2) is 7.34. The molecule has 0 N–H and O–H groups in total. The van der Waals surface area contributed by atoms with E-state index in [0.717, 1.165) is 24.3 Å². The zero-order valence-electron chi connectivity index (χ0n) is 14.3. The summed E-state index contributed by atoms with van der Waals surface area (Å²) in [4.78, 5) is 19.0. The number of hydrogen-bond acceptors (Lipinski definition) is 5. The second-order valence-corrected chi connectivity index (χ2v) is 5.86. The molecule has 0 saturated heterocycles. The molecule has 0 saturated carbocycles. The highest BCUT2D eigenvalue weighted by atomic mass is 16.7. The predicted molar refractivity (Wildman–Crippen MR) is 97.6 cm³/mol. The Morgan fingerprint density at radius 1 is 1.08 bits per heavy atom. The van der Waals surface area contributed by atoms with E-state index in [2.05, 4.69) is 23.9 Å². The molecular weight excluding hydrogens is 318 g/mol. The first-order valence-electron chi connectivity index (χ1n) is 8.43. The minimum absolute atomic E-state index is 0.318. The van der Waals surface area contributed by atoms with Crippen molar-refractivity contribution in [1.29, 1.82) is 0 Å². The van der Waals surface area contributed by atoms with E-state index in [1.165, 1.54) is 0 Å². The van der Waals surface area contributed by atoms with Crippen molar-refractivity contribution in [3.8, 4) is 0 Å². The Labute approximate surface area is 146 Å². The zero-order valence-corrected chi connectivity index (χ0v) is 14.3. The van der Waals surface area contributed by atoms with Gasteiger partial charge in [-0.05, 0) is 26.0 Å². The lowest BCUT2D eigenvalue weighted by Gasteiger charge is -2.21. The highest BCUT2D eigenvalue weighted by Gasteiger charge is 2.45. The van der Waals surface area contributed by atoms with Crippen LogP contribution in [0.4, 0.5) is 5.69 Å². The summed E-state index contributed by atoms with van der Waals surface area (Å²) in [6.45, 7) is 6.02. The van der Waals surface area contributed by atoms with E-state index in [1.54, 1.807) is 0 Å². The maximum absolute atomic E-state index is 11.7. The van der Waals surface area contributed by atoms with Gasteiger partial charge in [-0.2, -0.15) is 0 Å². The molecule has 0 aromatic heterocycles. The molecular formula is C19H21N3O3. The van der Waals surface area contributed by atoms with Crippen LogP contribution in [-0.4, -0.2) is 29.8 Å². The van der Waals surface area contributed by atoms with Gasteiger partial charge in [0.05, 0.1) is 0 Å². The van der Waals surface area contributed by atoms with Crippen LogP contribution < -0.4 is 4.90 Å². The van der Waals surface area contributed by atoms with Crippen molar-refractivity contribution in [3.05, 3.63) is 75.8 Å². The molecule has 0 bridgehead atoms. The highest BCUT2D eigenvalue weighted by molar-refractivity contribution is 6.04. The molecule has 2 unspecified atom stereocenters. The minimum Gasteiger partial charge on any atom is -0.379 e. The van der Waals surface area contributed by atoms with Crippen LogP contribution in [0.25, 0.3) is 0 Å². The van der Waals surface area contributed by atoms with Gasteiger partial charge in [0.15, 0.2) is 5.71 Å². The third kappa shape index (κ3) is 3.33. The van der Waals surface area contributed by atoms with Crippen molar-refractivity contribution in [2.75, 3.05) is 18.0 Å². The van der Waals surface area contributed by atoms with Crippen LogP contribution >= 0.6 is 0 Å². The summed E-state index contributed by atoms with van der Waals surface area (Å²) in [6.07, 6.45) is -0.712. The van der Waals surface area contributed by atoms with E-state index in [1.807, 2.05) is 54.6 Å². The van der Waals surface area contributed by atoms with Crippen LogP contribution in [-0.2, 0) is 4.84 Å². The fourth-order valence-corrected chi connectivity index (χ4v) is 3.12. The van der Waals surface area contributed by atoms with E-state index in [4.69, 9.17) is 4.84 Å². The molecule has 1 aliphatic heterocycles. The van der Waals surface area contributed by atoms with Gasteiger partial charge in [-0.1, -0.05) is 47.6 Å². The third-order valence-electron chi connectivity index (χ3n) is 4.48. The van der Waals surface area contributed by atoms with Gasteiger partial charge in [0.25, 0.3) is 0 Å². The van der Waals surface area contributed by atoms with Gasteiger partial charge in [-0.15, -0.1) is 0 Å². The van der Waals surface area contributed by atoms with Crippen LogP contribution in [0, 0.1) is 10.1 Å². The van der Waals surface area contributed by atoms with Gasteiger partial charge < -0.3 is 9.74 Å². The number of nitrogens with zero attached hydrogens (tertiary/aromatic N) is 3.